The van der Waals surface area contributed by atoms with E-state index in [1.807, 2.05) is 0 Å². The third kappa shape index (κ3) is 4.97. The Balaban J connectivity index is 1.49. The number of ether oxygens (including phenoxy) is 2. The molecule has 6 nitrogen and oxygen atoms in total. The van der Waals surface area contributed by atoms with Gasteiger partial charge in [-0.05, 0) is 48.0 Å². The highest BCUT2D eigenvalue weighted by atomic mass is 19.4. The molecule has 3 aromatic carbocycles. The van der Waals surface area contributed by atoms with E-state index < -0.39 is 18.1 Å². The number of nitrogens with zero attached hydrogens (tertiary/aromatic N) is 1. The average Bonchev–Trinajstić information content (AvgIpc) is 3.13. The van der Waals surface area contributed by atoms with Gasteiger partial charge < -0.3 is 14.8 Å². The van der Waals surface area contributed by atoms with Gasteiger partial charge in [0, 0.05) is 5.39 Å². The number of aromatic amines is 1. The lowest BCUT2D eigenvalue weighted by molar-refractivity contribution is -0.274. The second kappa shape index (κ2) is 8.58. The summed E-state index contributed by atoms with van der Waals surface area (Å²) in [6.07, 6.45) is -4.78. The Bertz CT molecular complexity index is 1270. The number of benzene rings is 3. The van der Waals surface area contributed by atoms with Gasteiger partial charge in [-0.3, -0.25) is 9.89 Å². The van der Waals surface area contributed by atoms with E-state index >= 15 is 0 Å². The van der Waals surface area contributed by atoms with E-state index in [1.54, 1.807) is 30.3 Å². The van der Waals surface area contributed by atoms with Gasteiger partial charge in [0.15, 0.2) is 5.82 Å². The number of aromatic nitrogens is 2. The molecule has 0 radical (unpaired) electrons. The van der Waals surface area contributed by atoms with Gasteiger partial charge in [0.05, 0.1) is 11.1 Å². The van der Waals surface area contributed by atoms with Gasteiger partial charge in [0.25, 0.3) is 5.91 Å². The Morgan fingerprint density at radius 1 is 1.00 bits per heavy atom. The molecular weight excluding hydrogens is 430 g/mol. The van der Waals surface area contributed by atoms with Crippen molar-refractivity contribution < 1.29 is 31.8 Å². The lowest BCUT2D eigenvalue weighted by Gasteiger charge is -2.11. The molecule has 164 valence electrons. The quantitative estimate of drug-likeness (QED) is 0.388. The van der Waals surface area contributed by atoms with Crippen LogP contribution >= 0.6 is 0 Å². The molecule has 0 fully saturated rings. The highest BCUT2D eigenvalue weighted by Crippen LogP contribution is 2.27. The zero-order valence-corrected chi connectivity index (χ0v) is 16.2. The molecule has 0 atom stereocenters. The number of nitrogens with one attached hydrogen (secondary N) is 2. The average molecular weight is 445 g/mol. The van der Waals surface area contributed by atoms with Gasteiger partial charge in [-0.1, -0.05) is 24.3 Å². The van der Waals surface area contributed by atoms with Crippen LogP contribution in [0.2, 0.25) is 0 Å². The van der Waals surface area contributed by atoms with Crippen molar-refractivity contribution in [2.75, 3.05) is 5.32 Å². The number of anilines is 1. The third-order valence-corrected chi connectivity index (χ3v) is 4.42. The van der Waals surface area contributed by atoms with Crippen molar-refractivity contribution in [1.82, 2.24) is 10.2 Å². The number of hydrogen-bond acceptors (Lipinski definition) is 4. The van der Waals surface area contributed by atoms with Gasteiger partial charge >= 0.3 is 6.36 Å². The molecule has 4 aromatic rings. The first-order valence-corrected chi connectivity index (χ1v) is 9.30. The van der Waals surface area contributed by atoms with E-state index in [0.29, 0.717) is 22.2 Å². The van der Waals surface area contributed by atoms with Crippen molar-refractivity contribution in [3.05, 3.63) is 83.7 Å². The first-order chi connectivity index (χ1) is 15.3. The van der Waals surface area contributed by atoms with E-state index in [9.17, 15) is 22.4 Å². The van der Waals surface area contributed by atoms with E-state index in [2.05, 4.69) is 20.3 Å². The molecule has 4 rings (SSSR count). The summed E-state index contributed by atoms with van der Waals surface area (Å²) in [7, 11) is 0. The number of fused-ring (bicyclic) bond motifs is 1. The molecule has 32 heavy (non-hydrogen) atoms. The van der Waals surface area contributed by atoms with E-state index in [-0.39, 0.29) is 23.7 Å². The molecule has 0 unspecified atom stereocenters. The Hall–Kier alpha value is -4.08. The van der Waals surface area contributed by atoms with Gasteiger partial charge in [-0.2, -0.15) is 5.10 Å². The van der Waals surface area contributed by atoms with Crippen LogP contribution in [0.4, 0.5) is 23.4 Å². The molecule has 1 amide bonds. The summed E-state index contributed by atoms with van der Waals surface area (Å²) in [6.45, 7) is -0.0185. The summed E-state index contributed by atoms with van der Waals surface area (Å²) in [5.74, 6) is -1.10. The smallest absolute Gasteiger partial charge is 0.489 e. The number of H-pyrrole nitrogens is 1. The number of carbonyl (C=O) groups excluding carboxylic acids is 1. The first-order valence-electron chi connectivity index (χ1n) is 9.30. The van der Waals surface area contributed by atoms with Crippen LogP contribution in [0.1, 0.15) is 15.9 Å². The fourth-order valence-electron chi connectivity index (χ4n) is 3.00. The van der Waals surface area contributed by atoms with E-state index in [1.165, 1.54) is 36.4 Å². The summed E-state index contributed by atoms with van der Waals surface area (Å²) in [4.78, 5) is 12.4. The van der Waals surface area contributed by atoms with Crippen molar-refractivity contribution in [1.29, 1.82) is 0 Å². The summed E-state index contributed by atoms with van der Waals surface area (Å²) in [5.41, 5.74) is 0.936. The second-order valence-electron chi connectivity index (χ2n) is 6.70. The monoisotopic (exact) mass is 445 g/mol. The number of hydrogen-bond donors (Lipinski definition) is 2. The largest absolute Gasteiger partial charge is 0.573 e. The maximum atomic E-state index is 13.8. The van der Waals surface area contributed by atoms with Crippen LogP contribution in [-0.4, -0.2) is 22.5 Å². The normalized spacial score (nSPS) is 11.4. The molecule has 0 aliphatic heterocycles. The molecule has 2 N–H and O–H groups in total. The first kappa shape index (κ1) is 21.2. The van der Waals surface area contributed by atoms with Crippen LogP contribution in [-0.2, 0) is 6.61 Å². The van der Waals surface area contributed by atoms with Crippen LogP contribution < -0.4 is 14.8 Å². The van der Waals surface area contributed by atoms with Crippen LogP contribution in [0.3, 0.4) is 0 Å². The van der Waals surface area contributed by atoms with Gasteiger partial charge in [0.2, 0.25) is 0 Å². The molecule has 0 saturated carbocycles. The number of alkyl halides is 3. The maximum absolute atomic E-state index is 13.8. The van der Waals surface area contributed by atoms with Crippen molar-refractivity contribution >= 4 is 22.6 Å². The van der Waals surface area contributed by atoms with Crippen molar-refractivity contribution in [2.24, 2.45) is 0 Å². The molecule has 0 aliphatic carbocycles. The topological polar surface area (TPSA) is 76.2 Å². The zero-order valence-electron chi connectivity index (χ0n) is 16.2. The zero-order chi connectivity index (χ0) is 22.7. The maximum Gasteiger partial charge on any atom is 0.573 e. The summed E-state index contributed by atoms with van der Waals surface area (Å²) in [6, 6.07) is 15.9. The van der Waals surface area contributed by atoms with Gasteiger partial charge in [-0.15, -0.1) is 13.2 Å². The minimum atomic E-state index is -4.78. The summed E-state index contributed by atoms with van der Waals surface area (Å²) < 4.78 is 60.6. The van der Waals surface area contributed by atoms with Gasteiger partial charge in [0.1, 0.15) is 23.9 Å². The highest BCUT2D eigenvalue weighted by molar-refractivity contribution is 6.08. The standard InChI is InChI=1S/C22H15F4N3O3/c23-18-7-2-1-6-16(18)21(30)27-20-17-11-14(8-9-19(17)28-29-20)31-12-13-4-3-5-15(10-13)32-22(24,25)26/h1-11H,12H2,(H2,27,28,29,30). The number of rotatable bonds is 6. The van der Waals surface area contributed by atoms with Crippen LogP contribution in [0.5, 0.6) is 11.5 Å². The third-order valence-electron chi connectivity index (χ3n) is 4.42. The fraction of sp³-hybridized carbons (Fsp3) is 0.0909. The van der Waals surface area contributed by atoms with E-state index in [0.717, 1.165) is 0 Å². The van der Waals surface area contributed by atoms with Crippen molar-refractivity contribution in [2.45, 2.75) is 13.0 Å². The lowest BCUT2D eigenvalue weighted by atomic mass is 10.2. The summed E-state index contributed by atoms with van der Waals surface area (Å²) >= 11 is 0. The van der Waals surface area contributed by atoms with Crippen LogP contribution in [0.15, 0.2) is 66.7 Å². The molecule has 10 heteroatoms. The van der Waals surface area contributed by atoms with Crippen molar-refractivity contribution in [3.63, 3.8) is 0 Å². The number of carbonyl (C=O) groups is 1. The Kier molecular flexibility index (Phi) is 5.67. The molecule has 0 spiro atoms. The fourth-order valence-corrected chi connectivity index (χ4v) is 3.00. The summed E-state index contributed by atoms with van der Waals surface area (Å²) in [5, 5.41) is 9.86. The molecule has 1 heterocycles. The van der Waals surface area contributed by atoms with Crippen LogP contribution in [0, 0.1) is 5.82 Å². The molecule has 0 bridgehead atoms. The van der Waals surface area contributed by atoms with Gasteiger partial charge in [-0.25, -0.2) is 4.39 Å². The second-order valence-corrected chi connectivity index (χ2v) is 6.70. The Labute approximate surface area is 178 Å². The Morgan fingerprint density at radius 3 is 2.59 bits per heavy atom. The lowest BCUT2D eigenvalue weighted by Crippen LogP contribution is -2.17. The highest BCUT2D eigenvalue weighted by Gasteiger charge is 2.31. The van der Waals surface area contributed by atoms with E-state index in [4.69, 9.17) is 4.74 Å². The van der Waals surface area contributed by atoms with Crippen LogP contribution in [0.25, 0.3) is 10.9 Å². The molecule has 1 aromatic heterocycles. The minimum absolute atomic E-state index is 0.0185. The predicted molar refractivity (Wildman–Crippen MR) is 108 cm³/mol. The minimum Gasteiger partial charge on any atom is -0.489 e. The molecule has 0 aliphatic rings. The van der Waals surface area contributed by atoms with Crippen molar-refractivity contribution in [3.8, 4) is 11.5 Å². The number of halogens is 4. The number of amides is 1. The molecule has 0 saturated heterocycles. The molecular formula is C22H15F4N3O3. The SMILES string of the molecule is O=C(Nc1n[nH]c2ccc(OCc3cccc(OC(F)(F)F)c3)cc12)c1ccccc1F. The Morgan fingerprint density at radius 2 is 1.81 bits per heavy atom. The predicted octanol–water partition coefficient (Wildman–Crippen LogP) is 5.43.